The van der Waals surface area contributed by atoms with E-state index in [1.807, 2.05) is 6.92 Å². The number of carboxylic acids is 1. The molecule has 0 saturated carbocycles. The Labute approximate surface area is 163 Å². The molecule has 0 radical (unpaired) electrons. The Hall–Kier alpha value is 1.69. The van der Waals surface area contributed by atoms with Gasteiger partial charge in [-0.05, 0) is 19.3 Å². The quantitative estimate of drug-likeness (QED) is 0.657. The summed E-state index contributed by atoms with van der Waals surface area (Å²) >= 11 is 0. The molecular formula is C12H27KO3Zn. The molecule has 5 heteroatoms. The molecule has 0 aliphatic heterocycles. The van der Waals surface area contributed by atoms with Crippen molar-refractivity contribution in [3.8, 4) is 0 Å². The van der Waals surface area contributed by atoms with E-state index in [0.717, 1.165) is 38.5 Å². The summed E-state index contributed by atoms with van der Waals surface area (Å²) < 4.78 is 0. The van der Waals surface area contributed by atoms with Gasteiger partial charge in [-0.1, -0.05) is 40.0 Å². The summed E-state index contributed by atoms with van der Waals surface area (Å²) in [7, 11) is 0. The largest absolute Gasteiger partial charge is 1.00 e. The van der Waals surface area contributed by atoms with Gasteiger partial charge in [-0.3, -0.25) is 4.79 Å². The molecule has 1 atom stereocenters. The Bertz CT molecular complexity index is 149. The molecule has 3 nitrogen and oxygen atoms in total. The van der Waals surface area contributed by atoms with Crippen LogP contribution in [0, 0.1) is 5.92 Å². The standard InChI is InChI=1S/C8H16O2.C4H10O.K.Zn.H/c1-3-5-6-7(4-2)8(9)10;1-2-3-4-5;;;/h7H,3-6H2,1-2H3,(H,9,10);5H,2-4H2,1H3;;;/q;;+1;;-1. The number of hydrogen-bond acceptors (Lipinski definition) is 2. The van der Waals surface area contributed by atoms with Crippen molar-refractivity contribution in [1.82, 2.24) is 0 Å². The summed E-state index contributed by atoms with van der Waals surface area (Å²) in [5.41, 5.74) is 0. The van der Waals surface area contributed by atoms with Crippen LogP contribution < -0.4 is 51.4 Å². The van der Waals surface area contributed by atoms with Crippen LogP contribution in [0.25, 0.3) is 0 Å². The maximum Gasteiger partial charge on any atom is 1.00 e. The normalized spacial score (nSPS) is 10.1. The number of aliphatic hydroxyl groups is 1. The van der Waals surface area contributed by atoms with E-state index >= 15 is 0 Å². The van der Waals surface area contributed by atoms with Gasteiger partial charge in [0.2, 0.25) is 0 Å². The molecule has 0 saturated heterocycles. The topological polar surface area (TPSA) is 57.5 Å². The average molecular weight is 324 g/mol. The monoisotopic (exact) mass is 322 g/mol. The van der Waals surface area contributed by atoms with E-state index in [9.17, 15) is 4.79 Å². The van der Waals surface area contributed by atoms with Crippen LogP contribution in [0.2, 0.25) is 0 Å². The molecule has 0 amide bonds. The van der Waals surface area contributed by atoms with E-state index < -0.39 is 5.97 Å². The van der Waals surface area contributed by atoms with Gasteiger partial charge in [0.25, 0.3) is 0 Å². The maximum atomic E-state index is 10.4. The van der Waals surface area contributed by atoms with Crippen molar-refractivity contribution in [2.45, 2.75) is 59.3 Å². The van der Waals surface area contributed by atoms with Crippen LogP contribution in [-0.2, 0) is 24.3 Å². The third-order valence-electron chi connectivity index (χ3n) is 2.26. The molecule has 0 heterocycles. The number of unbranched alkanes of at least 4 members (excludes halogenated alkanes) is 2. The Balaban J connectivity index is -0.0000000621. The first kappa shape index (κ1) is 27.1. The van der Waals surface area contributed by atoms with Crippen LogP contribution in [-0.4, -0.2) is 22.8 Å². The SMILES string of the molecule is CCCCC(CC)C(=O)O.CCCCO.[H-].[K+].[Zn]. The fourth-order valence-electron chi connectivity index (χ4n) is 1.11. The third-order valence-corrected chi connectivity index (χ3v) is 2.26. The minimum Gasteiger partial charge on any atom is -1.00 e. The Morgan fingerprint density at radius 2 is 1.65 bits per heavy atom. The van der Waals surface area contributed by atoms with Crippen LogP contribution in [0.3, 0.4) is 0 Å². The van der Waals surface area contributed by atoms with Gasteiger partial charge in [0, 0.05) is 26.1 Å². The second-order valence-electron chi connectivity index (χ2n) is 3.66. The van der Waals surface area contributed by atoms with Gasteiger partial charge in [0.05, 0.1) is 5.92 Å². The van der Waals surface area contributed by atoms with E-state index in [2.05, 4.69) is 13.8 Å². The zero-order valence-electron chi connectivity index (χ0n) is 13.0. The second kappa shape index (κ2) is 22.8. The molecule has 17 heavy (non-hydrogen) atoms. The number of carbonyl (C=O) groups is 1. The fraction of sp³-hybridized carbons (Fsp3) is 0.917. The van der Waals surface area contributed by atoms with Gasteiger partial charge in [-0.25, -0.2) is 0 Å². The molecular weight excluding hydrogens is 297 g/mol. The van der Waals surface area contributed by atoms with E-state index in [1.165, 1.54) is 0 Å². The maximum absolute atomic E-state index is 10.4. The first-order valence-corrected chi connectivity index (χ1v) is 5.97. The molecule has 0 rings (SSSR count). The zero-order chi connectivity index (χ0) is 12.1. The van der Waals surface area contributed by atoms with Gasteiger partial charge in [-0.15, -0.1) is 0 Å². The molecule has 0 fully saturated rings. The Morgan fingerprint density at radius 1 is 1.18 bits per heavy atom. The molecule has 1 unspecified atom stereocenters. The van der Waals surface area contributed by atoms with Crippen molar-refractivity contribution in [2.24, 2.45) is 5.92 Å². The van der Waals surface area contributed by atoms with Crippen molar-refractivity contribution in [1.29, 1.82) is 0 Å². The number of aliphatic hydroxyl groups excluding tert-OH is 1. The van der Waals surface area contributed by atoms with Crippen molar-refractivity contribution in [2.75, 3.05) is 6.61 Å². The number of carboxylic acid groups (broad SMARTS) is 1. The van der Waals surface area contributed by atoms with Gasteiger partial charge in [0.15, 0.2) is 0 Å². The minimum atomic E-state index is -0.643. The minimum absolute atomic E-state index is 0. The zero-order valence-corrected chi connectivity index (χ0v) is 18.1. The third kappa shape index (κ3) is 23.2. The summed E-state index contributed by atoms with van der Waals surface area (Å²) in [5.74, 6) is -0.754. The summed E-state index contributed by atoms with van der Waals surface area (Å²) in [6.45, 7) is 6.40. The van der Waals surface area contributed by atoms with Crippen molar-refractivity contribution in [3.05, 3.63) is 0 Å². The van der Waals surface area contributed by atoms with Gasteiger partial charge >= 0.3 is 57.4 Å². The number of rotatable bonds is 7. The van der Waals surface area contributed by atoms with E-state index in [4.69, 9.17) is 10.2 Å². The van der Waals surface area contributed by atoms with Crippen LogP contribution >= 0.6 is 0 Å². The van der Waals surface area contributed by atoms with E-state index in [1.54, 1.807) is 0 Å². The van der Waals surface area contributed by atoms with Crippen LogP contribution in [0.4, 0.5) is 0 Å². The average Bonchev–Trinajstić information content (AvgIpc) is 2.20. The number of hydrogen-bond donors (Lipinski definition) is 2. The van der Waals surface area contributed by atoms with E-state index in [-0.39, 0.29) is 78.2 Å². The van der Waals surface area contributed by atoms with Gasteiger partial charge in [0.1, 0.15) is 0 Å². The molecule has 0 aromatic rings. The first-order chi connectivity index (χ1) is 7.13. The fourth-order valence-corrected chi connectivity index (χ4v) is 1.11. The van der Waals surface area contributed by atoms with Crippen molar-refractivity contribution < 1.29 is 87.3 Å². The summed E-state index contributed by atoms with van der Waals surface area (Å²) in [6, 6.07) is 0. The van der Waals surface area contributed by atoms with Crippen LogP contribution in [0.15, 0.2) is 0 Å². The Kier molecular flexibility index (Phi) is 36.4. The van der Waals surface area contributed by atoms with Gasteiger partial charge in [-0.2, -0.15) is 0 Å². The number of aliphatic carboxylic acids is 1. The van der Waals surface area contributed by atoms with Crippen LogP contribution in [0.5, 0.6) is 0 Å². The first-order valence-electron chi connectivity index (χ1n) is 5.97. The molecule has 0 aromatic heterocycles. The second-order valence-corrected chi connectivity index (χ2v) is 3.66. The molecule has 0 aliphatic rings. The molecule has 96 valence electrons. The van der Waals surface area contributed by atoms with Crippen molar-refractivity contribution >= 4 is 5.97 Å². The molecule has 2 N–H and O–H groups in total. The molecule has 0 spiro atoms. The molecule has 0 aromatic carbocycles. The van der Waals surface area contributed by atoms with Crippen molar-refractivity contribution in [3.63, 3.8) is 0 Å². The summed E-state index contributed by atoms with van der Waals surface area (Å²) in [5, 5.41) is 16.7. The molecule has 0 bridgehead atoms. The smallest absolute Gasteiger partial charge is 1.00 e. The Morgan fingerprint density at radius 3 is 1.82 bits per heavy atom. The summed E-state index contributed by atoms with van der Waals surface area (Å²) in [4.78, 5) is 10.4. The molecule has 0 aliphatic carbocycles. The van der Waals surface area contributed by atoms with E-state index in [0.29, 0.717) is 6.61 Å². The predicted molar refractivity (Wildman–Crippen MR) is 64.0 cm³/mol. The summed E-state index contributed by atoms with van der Waals surface area (Å²) in [6.07, 6.45) is 5.75. The predicted octanol–water partition coefficient (Wildman–Crippen LogP) is 0.180. The van der Waals surface area contributed by atoms with Crippen LogP contribution in [0.1, 0.15) is 60.7 Å². The van der Waals surface area contributed by atoms with Gasteiger partial charge < -0.3 is 11.6 Å².